The van der Waals surface area contributed by atoms with Crippen molar-refractivity contribution in [3.63, 3.8) is 0 Å². The smallest absolute Gasteiger partial charge is 0.191 e. The molecule has 0 amide bonds. The molecule has 0 radical (unpaired) electrons. The highest BCUT2D eigenvalue weighted by Crippen LogP contribution is 2.31. The Kier molecular flexibility index (Phi) is 9.11. The molecule has 1 fully saturated rings. The Balaban J connectivity index is 0.00000280. The lowest BCUT2D eigenvalue weighted by Gasteiger charge is -2.30. The average Bonchev–Trinajstić information content (AvgIpc) is 3.36. The predicted molar refractivity (Wildman–Crippen MR) is 126 cm³/mol. The molecule has 3 rings (SSSR count). The standard InChI is InChI=1S/C21H31N5O.HI/c1-22-21(23-14-17-10-13-25(2)16-17)24-15-19(26-11-6-7-12-26)18-8-4-5-9-20(18)27-3;/h4-5,8-10,13,16,19H,6-7,11-12,14-15H2,1-3H3,(H2,22,23,24);1H. The maximum absolute atomic E-state index is 5.62. The molecule has 1 aromatic carbocycles. The number of aliphatic imine (C=N–C) groups is 1. The fourth-order valence-electron chi connectivity index (χ4n) is 3.70. The molecule has 0 spiro atoms. The summed E-state index contributed by atoms with van der Waals surface area (Å²) in [6, 6.07) is 10.7. The van der Waals surface area contributed by atoms with Gasteiger partial charge in [0.1, 0.15) is 5.75 Å². The highest BCUT2D eigenvalue weighted by atomic mass is 127. The lowest BCUT2D eigenvalue weighted by atomic mass is 10.0. The summed E-state index contributed by atoms with van der Waals surface area (Å²) in [6.45, 7) is 3.79. The number of ether oxygens (including phenoxy) is 1. The van der Waals surface area contributed by atoms with Gasteiger partial charge in [-0.3, -0.25) is 9.89 Å². The van der Waals surface area contributed by atoms with Gasteiger partial charge in [0.25, 0.3) is 0 Å². The number of nitrogens with one attached hydrogen (secondary N) is 2. The van der Waals surface area contributed by atoms with E-state index in [2.05, 4.69) is 55.7 Å². The van der Waals surface area contributed by atoms with Crippen LogP contribution in [-0.2, 0) is 13.6 Å². The third kappa shape index (κ3) is 5.88. The number of benzene rings is 1. The monoisotopic (exact) mass is 497 g/mol. The summed E-state index contributed by atoms with van der Waals surface area (Å²) in [7, 11) is 5.59. The Morgan fingerprint density at radius 3 is 2.57 bits per heavy atom. The number of aryl methyl sites for hydroxylation is 1. The van der Waals surface area contributed by atoms with Crippen LogP contribution in [0.3, 0.4) is 0 Å². The van der Waals surface area contributed by atoms with Crippen LogP contribution in [0.2, 0.25) is 0 Å². The SMILES string of the molecule is CN=C(NCc1ccn(C)c1)NCC(c1ccccc1OC)N1CCCC1.I. The molecular formula is C21H32IN5O. The zero-order valence-electron chi connectivity index (χ0n) is 17.0. The van der Waals surface area contributed by atoms with E-state index in [-0.39, 0.29) is 30.0 Å². The Morgan fingerprint density at radius 2 is 1.93 bits per heavy atom. The molecule has 1 saturated heterocycles. The minimum absolute atomic E-state index is 0. The molecule has 1 atom stereocenters. The van der Waals surface area contributed by atoms with E-state index in [0.717, 1.165) is 37.9 Å². The molecule has 2 heterocycles. The van der Waals surface area contributed by atoms with E-state index in [9.17, 15) is 0 Å². The fraction of sp³-hybridized carbons (Fsp3) is 0.476. The number of methoxy groups -OCH3 is 1. The quantitative estimate of drug-likeness (QED) is 0.351. The lowest BCUT2D eigenvalue weighted by molar-refractivity contribution is 0.239. The van der Waals surface area contributed by atoms with Crippen molar-refractivity contribution in [2.75, 3.05) is 33.8 Å². The first kappa shape index (κ1) is 22.5. The van der Waals surface area contributed by atoms with Crippen molar-refractivity contribution in [2.45, 2.75) is 25.4 Å². The maximum Gasteiger partial charge on any atom is 0.191 e. The molecule has 7 heteroatoms. The van der Waals surface area contributed by atoms with Gasteiger partial charge in [-0.05, 0) is 43.6 Å². The highest BCUT2D eigenvalue weighted by Gasteiger charge is 2.25. The summed E-state index contributed by atoms with van der Waals surface area (Å²) in [5.74, 6) is 1.77. The van der Waals surface area contributed by atoms with Gasteiger partial charge in [-0.1, -0.05) is 18.2 Å². The molecule has 2 aromatic rings. The lowest BCUT2D eigenvalue weighted by Crippen LogP contribution is -2.42. The van der Waals surface area contributed by atoms with E-state index >= 15 is 0 Å². The first-order valence-electron chi connectivity index (χ1n) is 9.63. The molecule has 154 valence electrons. The van der Waals surface area contributed by atoms with E-state index in [1.54, 1.807) is 7.11 Å². The number of aromatic nitrogens is 1. The molecule has 0 bridgehead atoms. The normalized spacial score (nSPS) is 15.8. The molecule has 1 aromatic heterocycles. The van der Waals surface area contributed by atoms with Crippen molar-refractivity contribution in [3.8, 4) is 5.75 Å². The van der Waals surface area contributed by atoms with Crippen LogP contribution in [0.5, 0.6) is 5.75 Å². The summed E-state index contributed by atoms with van der Waals surface area (Å²) < 4.78 is 7.68. The average molecular weight is 497 g/mol. The fourth-order valence-corrected chi connectivity index (χ4v) is 3.70. The van der Waals surface area contributed by atoms with E-state index < -0.39 is 0 Å². The minimum atomic E-state index is 0. The molecule has 1 unspecified atom stereocenters. The van der Waals surface area contributed by atoms with Crippen molar-refractivity contribution in [1.82, 2.24) is 20.1 Å². The van der Waals surface area contributed by atoms with Crippen LogP contribution >= 0.6 is 24.0 Å². The van der Waals surface area contributed by atoms with Crippen LogP contribution in [0.15, 0.2) is 47.7 Å². The number of likely N-dealkylation sites (tertiary alicyclic amines) is 1. The van der Waals surface area contributed by atoms with Gasteiger partial charge in [-0.15, -0.1) is 24.0 Å². The van der Waals surface area contributed by atoms with E-state index in [0.29, 0.717) is 0 Å². The third-order valence-electron chi connectivity index (χ3n) is 5.12. The molecule has 6 nitrogen and oxygen atoms in total. The zero-order valence-corrected chi connectivity index (χ0v) is 19.3. The van der Waals surface area contributed by atoms with Gasteiger partial charge in [0.15, 0.2) is 5.96 Å². The number of rotatable bonds is 7. The van der Waals surface area contributed by atoms with E-state index in [1.807, 2.05) is 26.2 Å². The van der Waals surface area contributed by atoms with Crippen LogP contribution < -0.4 is 15.4 Å². The predicted octanol–water partition coefficient (Wildman–Crippen LogP) is 3.15. The summed E-state index contributed by atoms with van der Waals surface area (Å²) in [5, 5.41) is 6.91. The second-order valence-electron chi connectivity index (χ2n) is 6.99. The number of hydrogen-bond donors (Lipinski definition) is 2. The number of nitrogens with zero attached hydrogens (tertiary/aromatic N) is 3. The molecule has 0 saturated carbocycles. The molecule has 2 N–H and O–H groups in total. The molecular weight excluding hydrogens is 465 g/mol. The van der Waals surface area contributed by atoms with Crippen molar-refractivity contribution >= 4 is 29.9 Å². The van der Waals surface area contributed by atoms with E-state index in [1.165, 1.54) is 24.0 Å². The second-order valence-corrected chi connectivity index (χ2v) is 6.99. The number of para-hydroxylation sites is 1. The first-order valence-corrected chi connectivity index (χ1v) is 9.63. The van der Waals surface area contributed by atoms with Gasteiger partial charge < -0.3 is 19.9 Å². The zero-order chi connectivity index (χ0) is 19.1. The third-order valence-corrected chi connectivity index (χ3v) is 5.12. The molecule has 1 aliphatic rings. The van der Waals surface area contributed by atoms with Gasteiger partial charge in [0.05, 0.1) is 13.2 Å². The Bertz CT molecular complexity index is 755. The van der Waals surface area contributed by atoms with Gasteiger partial charge in [0.2, 0.25) is 0 Å². The summed E-state index contributed by atoms with van der Waals surface area (Å²) in [5.41, 5.74) is 2.47. The topological polar surface area (TPSA) is 53.8 Å². The van der Waals surface area contributed by atoms with Crippen LogP contribution in [0.4, 0.5) is 0 Å². The highest BCUT2D eigenvalue weighted by molar-refractivity contribution is 14.0. The van der Waals surface area contributed by atoms with Crippen molar-refractivity contribution < 1.29 is 4.74 Å². The largest absolute Gasteiger partial charge is 0.496 e. The second kappa shape index (κ2) is 11.3. The summed E-state index contributed by atoms with van der Waals surface area (Å²) in [6.07, 6.45) is 6.68. The van der Waals surface area contributed by atoms with Crippen molar-refractivity contribution in [2.24, 2.45) is 12.0 Å². The van der Waals surface area contributed by atoms with Gasteiger partial charge >= 0.3 is 0 Å². The first-order chi connectivity index (χ1) is 13.2. The summed E-state index contributed by atoms with van der Waals surface area (Å²) in [4.78, 5) is 6.92. The molecule has 0 aliphatic carbocycles. The maximum atomic E-state index is 5.62. The minimum Gasteiger partial charge on any atom is -0.496 e. The van der Waals surface area contributed by atoms with Crippen molar-refractivity contribution in [1.29, 1.82) is 0 Å². The van der Waals surface area contributed by atoms with Crippen molar-refractivity contribution in [3.05, 3.63) is 53.9 Å². The Hall–Kier alpha value is -1.74. The van der Waals surface area contributed by atoms with Crippen LogP contribution in [0.25, 0.3) is 0 Å². The van der Waals surface area contributed by atoms with Crippen LogP contribution in [-0.4, -0.2) is 49.2 Å². The summed E-state index contributed by atoms with van der Waals surface area (Å²) >= 11 is 0. The Morgan fingerprint density at radius 1 is 1.18 bits per heavy atom. The van der Waals surface area contributed by atoms with Crippen LogP contribution in [0, 0.1) is 0 Å². The molecule has 1 aliphatic heterocycles. The number of halogens is 1. The van der Waals surface area contributed by atoms with Gasteiger partial charge in [-0.25, -0.2) is 0 Å². The van der Waals surface area contributed by atoms with Crippen LogP contribution in [0.1, 0.15) is 30.0 Å². The van der Waals surface area contributed by atoms with Gasteiger partial charge in [-0.2, -0.15) is 0 Å². The number of hydrogen-bond acceptors (Lipinski definition) is 3. The van der Waals surface area contributed by atoms with E-state index in [4.69, 9.17) is 4.74 Å². The van der Waals surface area contributed by atoms with Gasteiger partial charge in [0, 0.05) is 45.1 Å². The molecule has 28 heavy (non-hydrogen) atoms. The Labute approximate surface area is 185 Å². The number of guanidine groups is 1.